The minimum absolute atomic E-state index is 1.97. The van der Waals surface area contributed by atoms with Crippen molar-refractivity contribution < 1.29 is 31.4 Å². The van der Waals surface area contributed by atoms with Gasteiger partial charge in [0, 0.05) is 0 Å². The molecule has 1 nitrogen and oxygen atoms in total. The van der Waals surface area contributed by atoms with Crippen molar-refractivity contribution in [2.45, 2.75) is 12.4 Å². The van der Waals surface area contributed by atoms with Gasteiger partial charge in [-0.3, -0.25) is 0 Å². The van der Waals surface area contributed by atoms with Gasteiger partial charge in [0.25, 0.3) is 0 Å². The van der Waals surface area contributed by atoms with Crippen LogP contribution in [-0.2, 0) is 0 Å². The first-order valence-corrected chi connectivity index (χ1v) is 2.44. The number of hydrogen-bond acceptors (Lipinski definition) is 1. The second-order valence-corrected chi connectivity index (χ2v) is 1.82. The number of alkyl halides is 6. The third kappa shape index (κ3) is 2.96. The van der Waals surface area contributed by atoms with Crippen molar-refractivity contribution in [1.82, 2.24) is 0 Å². The van der Waals surface area contributed by atoms with Crippen molar-refractivity contribution in [2.24, 2.45) is 5.92 Å². The average molecular weight is 182 g/mol. The van der Waals surface area contributed by atoms with Crippen molar-refractivity contribution in [1.29, 1.82) is 0 Å². The number of rotatable bonds is 1. The molecule has 0 aliphatic carbocycles. The van der Waals surface area contributed by atoms with Crippen LogP contribution in [0.4, 0.5) is 26.3 Å². The van der Waals surface area contributed by atoms with E-state index >= 15 is 0 Å². The lowest BCUT2D eigenvalue weighted by atomic mass is 10.1. The van der Waals surface area contributed by atoms with E-state index in [-0.39, 0.29) is 0 Å². The zero-order valence-electron chi connectivity index (χ0n) is 5.00. The molecule has 0 aliphatic heterocycles. The van der Waals surface area contributed by atoms with Gasteiger partial charge in [-0.1, -0.05) is 0 Å². The summed E-state index contributed by atoms with van der Waals surface area (Å²) in [5.41, 5.74) is 0. The molecule has 0 rings (SSSR count). The first kappa shape index (κ1) is 10.5. The van der Waals surface area contributed by atoms with E-state index in [9.17, 15) is 26.3 Å². The Labute approximate surface area is 57.6 Å². The van der Waals surface area contributed by atoms with Crippen LogP contribution in [0.15, 0.2) is 0 Å². The van der Waals surface area contributed by atoms with Gasteiger partial charge in [0.15, 0.2) is 5.92 Å². The molecule has 0 fully saturated rings. The minimum atomic E-state index is -5.42. The van der Waals surface area contributed by atoms with Crippen LogP contribution in [0.3, 0.4) is 0 Å². The molecule has 0 saturated heterocycles. The quantitative estimate of drug-likeness (QED) is 0.612. The van der Waals surface area contributed by atoms with Gasteiger partial charge in [-0.2, -0.15) is 26.3 Å². The van der Waals surface area contributed by atoms with Crippen LogP contribution in [-0.4, -0.2) is 24.1 Å². The van der Waals surface area contributed by atoms with Crippen molar-refractivity contribution in [3.63, 3.8) is 0 Å². The maximum absolute atomic E-state index is 11.3. The number of hydrogen-bond donors (Lipinski definition) is 1. The predicted octanol–water partition coefficient (Wildman–Crippen LogP) is 1.72. The molecule has 0 aliphatic rings. The van der Waals surface area contributed by atoms with Gasteiger partial charge in [0.05, 0.1) is 6.61 Å². The third-order valence-corrected chi connectivity index (χ3v) is 0.973. The standard InChI is InChI=1S/C4H4F6O/c5-3(6,7)2(1-11)4(8,9)10/h2,11H,1H2. The molecule has 0 heterocycles. The smallest absolute Gasteiger partial charge is 0.395 e. The topological polar surface area (TPSA) is 20.2 Å². The Morgan fingerprint density at radius 3 is 1.18 bits per heavy atom. The maximum atomic E-state index is 11.3. The molecule has 0 amide bonds. The predicted molar refractivity (Wildman–Crippen MR) is 22.7 cm³/mol. The van der Waals surface area contributed by atoms with Crippen molar-refractivity contribution >= 4 is 0 Å². The minimum Gasteiger partial charge on any atom is -0.395 e. The first-order chi connectivity index (χ1) is 4.69. The van der Waals surface area contributed by atoms with Crippen molar-refractivity contribution in [3.05, 3.63) is 0 Å². The first-order valence-electron chi connectivity index (χ1n) is 2.44. The summed E-state index contributed by atoms with van der Waals surface area (Å²) in [7, 11) is 0. The molecule has 0 unspecified atom stereocenters. The van der Waals surface area contributed by atoms with Gasteiger partial charge >= 0.3 is 12.4 Å². The van der Waals surface area contributed by atoms with E-state index in [1.165, 1.54) is 0 Å². The van der Waals surface area contributed by atoms with Crippen LogP contribution < -0.4 is 0 Å². The Kier molecular flexibility index (Phi) is 2.76. The molecule has 0 aromatic heterocycles. The van der Waals surface area contributed by atoms with Crippen molar-refractivity contribution in [3.8, 4) is 0 Å². The summed E-state index contributed by atoms with van der Waals surface area (Å²) < 4.78 is 68.0. The fraction of sp³-hybridized carbons (Fsp3) is 1.00. The van der Waals surface area contributed by atoms with E-state index in [1.807, 2.05) is 0 Å². The Morgan fingerprint density at radius 2 is 1.18 bits per heavy atom. The summed E-state index contributed by atoms with van der Waals surface area (Å²) >= 11 is 0. The van der Waals surface area contributed by atoms with E-state index in [2.05, 4.69) is 0 Å². The Bertz CT molecular complexity index is 110. The van der Waals surface area contributed by atoms with E-state index in [0.717, 1.165) is 0 Å². The van der Waals surface area contributed by atoms with Gasteiger partial charge in [-0.05, 0) is 0 Å². The fourth-order valence-electron chi connectivity index (χ4n) is 0.393. The molecule has 11 heavy (non-hydrogen) atoms. The zero-order valence-corrected chi connectivity index (χ0v) is 5.00. The van der Waals surface area contributed by atoms with E-state index in [4.69, 9.17) is 5.11 Å². The molecule has 1 N–H and O–H groups in total. The van der Waals surface area contributed by atoms with Gasteiger partial charge in [0.1, 0.15) is 0 Å². The normalized spacial score (nSPS) is 14.2. The molecule has 0 aromatic carbocycles. The lowest BCUT2D eigenvalue weighted by molar-refractivity contribution is -0.291. The largest absolute Gasteiger partial charge is 0.402 e. The molecular weight excluding hydrogens is 178 g/mol. The zero-order chi connectivity index (χ0) is 9.28. The molecule has 7 heteroatoms. The summed E-state index contributed by atoms with van der Waals surface area (Å²) in [6.07, 6.45) is -10.8. The number of aliphatic hydroxyl groups is 1. The molecule has 0 saturated carbocycles. The summed E-state index contributed by atoms with van der Waals surface area (Å²) in [6.45, 7) is -1.97. The number of aliphatic hydroxyl groups excluding tert-OH is 1. The van der Waals surface area contributed by atoms with Crippen LogP contribution in [0.5, 0.6) is 0 Å². The lowest BCUT2D eigenvalue weighted by Crippen LogP contribution is -2.38. The highest BCUT2D eigenvalue weighted by Gasteiger charge is 2.56. The molecule has 0 bridgehead atoms. The Balaban J connectivity index is 4.43. The highest BCUT2D eigenvalue weighted by molar-refractivity contribution is 4.73. The Hall–Kier alpha value is -0.460. The van der Waals surface area contributed by atoms with Gasteiger partial charge < -0.3 is 5.11 Å². The van der Waals surface area contributed by atoms with Crippen LogP contribution in [0, 0.1) is 5.92 Å². The SMILES string of the molecule is OCC(C(F)(F)F)C(F)(F)F. The second-order valence-electron chi connectivity index (χ2n) is 1.82. The second kappa shape index (κ2) is 2.88. The lowest BCUT2D eigenvalue weighted by Gasteiger charge is -2.20. The van der Waals surface area contributed by atoms with Crippen molar-refractivity contribution in [2.75, 3.05) is 6.61 Å². The molecule has 0 spiro atoms. The molecule has 0 radical (unpaired) electrons. The third-order valence-electron chi connectivity index (χ3n) is 0.973. The maximum Gasteiger partial charge on any atom is 0.402 e. The molecular formula is C4H4F6O. The summed E-state index contributed by atoms with van der Waals surface area (Å²) in [5.74, 6) is -3.63. The summed E-state index contributed by atoms with van der Waals surface area (Å²) in [4.78, 5) is 0. The van der Waals surface area contributed by atoms with Crippen LogP contribution in [0.1, 0.15) is 0 Å². The molecule has 68 valence electrons. The van der Waals surface area contributed by atoms with E-state index < -0.39 is 24.9 Å². The average Bonchev–Trinajstić information content (AvgIpc) is 1.56. The molecule has 0 aromatic rings. The van der Waals surface area contributed by atoms with E-state index in [0.29, 0.717) is 0 Å². The highest BCUT2D eigenvalue weighted by Crippen LogP contribution is 2.38. The van der Waals surface area contributed by atoms with Gasteiger partial charge in [-0.25, -0.2) is 0 Å². The highest BCUT2D eigenvalue weighted by atomic mass is 19.4. The fourth-order valence-corrected chi connectivity index (χ4v) is 0.393. The molecule has 0 atom stereocenters. The van der Waals surface area contributed by atoms with Crippen LogP contribution in [0.2, 0.25) is 0 Å². The number of halogens is 6. The van der Waals surface area contributed by atoms with Crippen LogP contribution in [0.25, 0.3) is 0 Å². The van der Waals surface area contributed by atoms with Gasteiger partial charge in [0.2, 0.25) is 0 Å². The van der Waals surface area contributed by atoms with E-state index in [1.54, 1.807) is 0 Å². The van der Waals surface area contributed by atoms with Gasteiger partial charge in [-0.15, -0.1) is 0 Å². The monoisotopic (exact) mass is 182 g/mol. The Morgan fingerprint density at radius 1 is 0.909 bits per heavy atom. The summed E-state index contributed by atoms with van der Waals surface area (Å²) in [6, 6.07) is 0. The van der Waals surface area contributed by atoms with Crippen LogP contribution >= 0.6 is 0 Å². The summed E-state index contributed by atoms with van der Waals surface area (Å²) in [5, 5.41) is 7.76.